The number of carbonyl (C=O) groups is 2. The number of carboxylic acids is 1. The number of halogens is 1. The lowest BCUT2D eigenvalue weighted by Crippen LogP contribution is -2.52. The number of nitrogens with one attached hydrogen (secondary N) is 2. The molecule has 0 aliphatic heterocycles. The normalized spacial score (nSPS) is 16.2. The van der Waals surface area contributed by atoms with Crippen LogP contribution < -0.4 is 5.32 Å². The fourth-order valence-corrected chi connectivity index (χ4v) is 2.86. The molecule has 0 unspecified atom stereocenters. The van der Waals surface area contributed by atoms with Crippen molar-refractivity contribution in [3.05, 3.63) is 41.8 Å². The molecule has 1 aliphatic carbocycles. The highest BCUT2D eigenvalue weighted by atomic mass is 19.1. The Morgan fingerprint density at radius 3 is 2.48 bits per heavy atom. The maximum Gasteiger partial charge on any atom is 0.329 e. The lowest BCUT2D eigenvalue weighted by Gasteiger charge is -2.24. The maximum atomic E-state index is 12.9. The van der Waals surface area contributed by atoms with E-state index in [9.17, 15) is 19.1 Å². The molecule has 1 aromatic carbocycles. The molecular formula is C16H16FN3O3. The van der Waals surface area contributed by atoms with Crippen molar-refractivity contribution >= 4 is 11.9 Å². The van der Waals surface area contributed by atoms with Crippen molar-refractivity contribution in [1.82, 2.24) is 15.5 Å². The molecule has 120 valence electrons. The minimum Gasteiger partial charge on any atom is -0.480 e. The van der Waals surface area contributed by atoms with Crippen molar-refractivity contribution in [3.63, 3.8) is 0 Å². The number of carbonyl (C=O) groups excluding carboxylic acids is 1. The molecule has 0 radical (unpaired) electrons. The Morgan fingerprint density at radius 2 is 1.87 bits per heavy atom. The number of amides is 1. The topological polar surface area (TPSA) is 95.1 Å². The Hall–Kier alpha value is -2.70. The number of H-pyrrole nitrogens is 1. The van der Waals surface area contributed by atoms with E-state index in [0.717, 1.165) is 12.8 Å². The SMILES string of the molecule is O=C(NC1(C(=O)O)CCCC1)c1cc(-c2ccc(F)cc2)n[nH]1. The predicted molar refractivity (Wildman–Crippen MR) is 80.3 cm³/mol. The number of hydrogen-bond donors (Lipinski definition) is 3. The highest BCUT2D eigenvalue weighted by Gasteiger charge is 2.42. The molecule has 23 heavy (non-hydrogen) atoms. The van der Waals surface area contributed by atoms with Crippen LogP contribution in [0.2, 0.25) is 0 Å². The molecule has 3 N–H and O–H groups in total. The summed E-state index contributed by atoms with van der Waals surface area (Å²) in [6.45, 7) is 0. The first-order valence-corrected chi connectivity index (χ1v) is 7.37. The summed E-state index contributed by atoms with van der Waals surface area (Å²) in [7, 11) is 0. The van der Waals surface area contributed by atoms with Gasteiger partial charge in [-0.15, -0.1) is 0 Å². The van der Waals surface area contributed by atoms with Gasteiger partial charge in [-0.1, -0.05) is 12.8 Å². The van der Waals surface area contributed by atoms with Gasteiger partial charge in [-0.25, -0.2) is 9.18 Å². The quantitative estimate of drug-likeness (QED) is 0.806. The zero-order valence-corrected chi connectivity index (χ0v) is 12.3. The first kappa shape index (κ1) is 15.2. The van der Waals surface area contributed by atoms with Gasteiger partial charge in [-0.05, 0) is 43.2 Å². The highest BCUT2D eigenvalue weighted by molar-refractivity contribution is 5.97. The number of aromatic amines is 1. The van der Waals surface area contributed by atoms with E-state index in [1.165, 1.54) is 18.2 Å². The minimum absolute atomic E-state index is 0.178. The van der Waals surface area contributed by atoms with Crippen LogP contribution in [-0.2, 0) is 4.79 Å². The Balaban J connectivity index is 1.78. The third-order valence-corrected chi connectivity index (χ3v) is 4.18. The van der Waals surface area contributed by atoms with Crippen LogP contribution in [0.1, 0.15) is 36.2 Å². The van der Waals surface area contributed by atoms with Gasteiger partial charge in [0.2, 0.25) is 0 Å². The Bertz CT molecular complexity index is 733. The van der Waals surface area contributed by atoms with E-state index in [2.05, 4.69) is 15.5 Å². The molecule has 1 aliphatic rings. The Morgan fingerprint density at radius 1 is 1.22 bits per heavy atom. The molecule has 1 heterocycles. The molecule has 0 bridgehead atoms. The van der Waals surface area contributed by atoms with E-state index in [4.69, 9.17) is 0 Å². The average molecular weight is 317 g/mol. The van der Waals surface area contributed by atoms with E-state index in [-0.39, 0.29) is 11.5 Å². The van der Waals surface area contributed by atoms with E-state index in [0.29, 0.717) is 24.1 Å². The summed E-state index contributed by atoms with van der Waals surface area (Å²) in [6, 6.07) is 7.25. The maximum absolute atomic E-state index is 12.9. The highest BCUT2D eigenvalue weighted by Crippen LogP contribution is 2.30. The van der Waals surface area contributed by atoms with Gasteiger partial charge in [0.1, 0.15) is 17.1 Å². The zero-order valence-electron chi connectivity index (χ0n) is 12.3. The molecular weight excluding hydrogens is 301 g/mol. The lowest BCUT2D eigenvalue weighted by atomic mass is 9.97. The van der Waals surface area contributed by atoms with Gasteiger partial charge in [0.25, 0.3) is 5.91 Å². The number of aromatic nitrogens is 2. The Kier molecular flexibility index (Phi) is 3.85. The fourth-order valence-electron chi connectivity index (χ4n) is 2.86. The summed E-state index contributed by atoms with van der Waals surface area (Å²) in [5.41, 5.74) is 0.136. The van der Waals surface area contributed by atoms with E-state index >= 15 is 0 Å². The summed E-state index contributed by atoms with van der Waals surface area (Å²) in [4.78, 5) is 23.8. The van der Waals surface area contributed by atoms with Crippen molar-refractivity contribution in [2.45, 2.75) is 31.2 Å². The van der Waals surface area contributed by atoms with Gasteiger partial charge in [-0.2, -0.15) is 5.10 Å². The number of benzene rings is 1. The van der Waals surface area contributed by atoms with Crippen LogP contribution in [0, 0.1) is 5.82 Å². The van der Waals surface area contributed by atoms with E-state index in [1.807, 2.05) is 0 Å². The van der Waals surface area contributed by atoms with Gasteiger partial charge >= 0.3 is 5.97 Å². The number of nitrogens with zero attached hydrogens (tertiary/aromatic N) is 1. The number of rotatable bonds is 4. The van der Waals surface area contributed by atoms with Gasteiger partial charge in [0.15, 0.2) is 0 Å². The Labute approximate surface area is 131 Å². The molecule has 0 spiro atoms. The van der Waals surface area contributed by atoms with Gasteiger partial charge in [0.05, 0.1) is 5.69 Å². The summed E-state index contributed by atoms with van der Waals surface area (Å²) in [6.07, 6.45) is 2.40. The van der Waals surface area contributed by atoms with Gasteiger partial charge in [0, 0.05) is 5.56 Å². The molecule has 3 rings (SSSR count). The minimum atomic E-state index is -1.20. The van der Waals surface area contributed by atoms with E-state index < -0.39 is 17.4 Å². The second kappa shape index (κ2) is 5.83. The van der Waals surface area contributed by atoms with Crippen molar-refractivity contribution in [1.29, 1.82) is 0 Å². The van der Waals surface area contributed by atoms with E-state index in [1.54, 1.807) is 12.1 Å². The zero-order chi connectivity index (χ0) is 16.4. The average Bonchev–Trinajstić information content (AvgIpc) is 3.17. The fraction of sp³-hybridized carbons (Fsp3) is 0.312. The molecule has 1 fully saturated rings. The summed E-state index contributed by atoms with van der Waals surface area (Å²) in [5.74, 6) is -1.87. The molecule has 0 atom stereocenters. The summed E-state index contributed by atoms with van der Waals surface area (Å²) < 4.78 is 12.9. The first-order chi connectivity index (χ1) is 11.0. The van der Waals surface area contributed by atoms with Gasteiger partial charge in [-0.3, -0.25) is 9.89 Å². The predicted octanol–water partition coefficient (Wildman–Crippen LogP) is 2.34. The molecule has 7 heteroatoms. The van der Waals surface area contributed by atoms with Crippen LogP contribution >= 0.6 is 0 Å². The van der Waals surface area contributed by atoms with Crippen LogP contribution in [0.25, 0.3) is 11.3 Å². The first-order valence-electron chi connectivity index (χ1n) is 7.37. The second-order valence-corrected chi connectivity index (χ2v) is 5.72. The van der Waals surface area contributed by atoms with Crippen LogP contribution in [0.15, 0.2) is 30.3 Å². The molecule has 1 amide bonds. The van der Waals surface area contributed by atoms with Crippen LogP contribution in [0.4, 0.5) is 4.39 Å². The number of carboxylic acid groups (broad SMARTS) is 1. The number of hydrogen-bond acceptors (Lipinski definition) is 3. The smallest absolute Gasteiger partial charge is 0.329 e. The molecule has 1 aromatic heterocycles. The van der Waals surface area contributed by atoms with Crippen LogP contribution in [0.3, 0.4) is 0 Å². The third-order valence-electron chi connectivity index (χ3n) is 4.18. The third kappa shape index (κ3) is 2.94. The van der Waals surface area contributed by atoms with Crippen molar-refractivity contribution in [3.8, 4) is 11.3 Å². The van der Waals surface area contributed by atoms with Crippen molar-refractivity contribution < 1.29 is 19.1 Å². The summed E-state index contributed by atoms with van der Waals surface area (Å²) in [5, 5.41) is 18.6. The van der Waals surface area contributed by atoms with Crippen molar-refractivity contribution in [2.75, 3.05) is 0 Å². The second-order valence-electron chi connectivity index (χ2n) is 5.72. The standard InChI is InChI=1S/C16H16FN3O3/c17-11-5-3-10(4-6-11)12-9-13(20-19-12)14(21)18-16(15(22)23)7-1-2-8-16/h3-6,9H,1-2,7-8H2,(H,18,21)(H,19,20)(H,22,23). The van der Waals surface area contributed by atoms with Crippen LogP contribution in [-0.4, -0.2) is 32.7 Å². The van der Waals surface area contributed by atoms with Gasteiger partial charge < -0.3 is 10.4 Å². The molecule has 0 saturated heterocycles. The van der Waals surface area contributed by atoms with Crippen molar-refractivity contribution in [2.24, 2.45) is 0 Å². The molecule has 6 nitrogen and oxygen atoms in total. The largest absolute Gasteiger partial charge is 0.480 e. The van der Waals surface area contributed by atoms with Crippen LogP contribution in [0.5, 0.6) is 0 Å². The number of aliphatic carboxylic acids is 1. The monoisotopic (exact) mass is 317 g/mol. The summed E-state index contributed by atoms with van der Waals surface area (Å²) >= 11 is 0. The molecule has 2 aromatic rings. The molecule has 1 saturated carbocycles. The lowest BCUT2D eigenvalue weighted by molar-refractivity contribution is -0.144.